The summed E-state index contributed by atoms with van der Waals surface area (Å²) in [6.45, 7) is 1.95. The first-order chi connectivity index (χ1) is 9.13. The summed E-state index contributed by atoms with van der Waals surface area (Å²) in [6, 6.07) is 3.42. The Morgan fingerprint density at radius 3 is 2.95 bits per heavy atom. The summed E-state index contributed by atoms with van der Waals surface area (Å²) >= 11 is 1.21. The molecule has 5 nitrogen and oxygen atoms in total. The largest absolute Gasteiger partial charge is 0.493 e. The minimum atomic E-state index is -0.937. The van der Waals surface area contributed by atoms with E-state index in [1.807, 2.05) is 6.92 Å². The quantitative estimate of drug-likeness (QED) is 0.795. The molecule has 2 aromatic heterocycles. The number of nitrogens with zero attached hydrogens (tertiary/aromatic N) is 1. The van der Waals surface area contributed by atoms with Gasteiger partial charge in [0, 0.05) is 22.6 Å². The Hall–Kier alpha value is -2.08. The van der Waals surface area contributed by atoms with Crippen LogP contribution in [0.25, 0.3) is 21.2 Å². The van der Waals surface area contributed by atoms with Crippen molar-refractivity contribution in [3.63, 3.8) is 0 Å². The molecule has 3 rings (SSSR count). The second-order valence-electron chi connectivity index (χ2n) is 4.05. The van der Waals surface area contributed by atoms with Gasteiger partial charge in [0.05, 0.1) is 7.11 Å². The molecule has 0 aliphatic heterocycles. The number of fused-ring (bicyclic) bond motifs is 3. The van der Waals surface area contributed by atoms with Crippen LogP contribution in [0.2, 0.25) is 0 Å². The lowest BCUT2D eigenvalue weighted by Gasteiger charge is -1.99. The van der Waals surface area contributed by atoms with E-state index in [1.54, 1.807) is 19.2 Å². The second kappa shape index (κ2) is 4.24. The van der Waals surface area contributed by atoms with Gasteiger partial charge in [-0.15, -0.1) is 11.3 Å². The molecule has 6 heteroatoms. The minimum absolute atomic E-state index is 0.283. The number of aryl methyl sites for hydroxylation is 1. The number of ether oxygens (including phenoxy) is 1. The van der Waals surface area contributed by atoms with Crippen molar-refractivity contribution >= 4 is 38.5 Å². The van der Waals surface area contributed by atoms with Crippen molar-refractivity contribution in [3.05, 3.63) is 22.9 Å². The number of aromatic carboxylic acids is 1. The third-order valence-electron chi connectivity index (χ3n) is 2.91. The van der Waals surface area contributed by atoms with Crippen LogP contribution in [0.4, 0.5) is 0 Å². The molecular weight excluding hydrogens is 266 g/mol. The predicted octanol–water partition coefficient (Wildman–Crippen LogP) is 3.31. The van der Waals surface area contributed by atoms with Crippen molar-refractivity contribution in [2.45, 2.75) is 13.3 Å². The molecule has 19 heavy (non-hydrogen) atoms. The molecule has 0 spiro atoms. The summed E-state index contributed by atoms with van der Waals surface area (Å²) in [4.78, 5) is 15.7. The van der Waals surface area contributed by atoms with Crippen LogP contribution in [0.3, 0.4) is 0 Å². The van der Waals surface area contributed by atoms with Crippen LogP contribution in [0.1, 0.15) is 22.5 Å². The molecule has 0 saturated heterocycles. The van der Waals surface area contributed by atoms with Crippen molar-refractivity contribution in [3.8, 4) is 5.75 Å². The van der Waals surface area contributed by atoms with Gasteiger partial charge in [-0.3, -0.25) is 0 Å². The lowest BCUT2D eigenvalue weighted by atomic mass is 10.2. The van der Waals surface area contributed by atoms with Crippen LogP contribution in [-0.2, 0) is 6.42 Å². The third-order valence-corrected chi connectivity index (χ3v) is 3.98. The molecule has 0 atom stereocenters. The van der Waals surface area contributed by atoms with Crippen LogP contribution in [0.15, 0.2) is 16.5 Å². The van der Waals surface area contributed by atoms with Gasteiger partial charge in [-0.1, -0.05) is 6.92 Å². The predicted molar refractivity (Wildman–Crippen MR) is 72.3 cm³/mol. The van der Waals surface area contributed by atoms with Crippen LogP contribution >= 0.6 is 11.3 Å². The van der Waals surface area contributed by atoms with Crippen LogP contribution in [0, 0.1) is 0 Å². The summed E-state index contributed by atoms with van der Waals surface area (Å²) in [5.41, 5.74) is 1.23. The number of aromatic nitrogens is 1. The number of carboxylic acids is 1. The Morgan fingerprint density at radius 1 is 1.53 bits per heavy atom. The molecule has 0 saturated carbocycles. The summed E-state index contributed by atoms with van der Waals surface area (Å²) in [5, 5.41) is 9.86. The zero-order valence-electron chi connectivity index (χ0n) is 10.4. The second-order valence-corrected chi connectivity index (χ2v) is 5.13. The number of carbonyl (C=O) groups is 1. The normalized spacial score (nSPS) is 11.3. The Bertz CT molecular complexity index is 787. The fourth-order valence-corrected chi connectivity index (χ4v) is 2.94. The van der Waals surface area contributed by atoms with Gasteiger partial charge in [0.1, 0.15) is 10.4 Å². The van der Waals surface area contributed by atoms with E-state index in [9.17, 15) is 4.79 Å². The number of oxazole rings is 1. The van der Waals surface area contributed by atoms with Gasteiger partial charge in [-0.25, -0.2) is 9.78 Å². The van der Waals surface area contributed by atoms with E-state index in [4.69, 9.17) is 14.3 Å². The third kappa shape index (κ3) is 1.76. The number of carboxylic acid groups (broad SMARTS) is 1. The fourth-order valence-electron chi connectivity index (χ4n) is 2.00. The highest BCUT2D eigenvalue weighted by molar-refractivity contribution is 7.20. The minimum Gasteiger partial charge on any atom is -0.493 e. The first-order valence-electron chi connectivity index (χ1n) is 5.77. The summed E-state index contributed by atoms with van der Waals surface area (Å²) < 4.78 is 11.8. The number of rotatable bonds is 3. The average molecular weight is 277 g/mol. The van der Waals surface area contributed by atoms with Gasteiger partial charge in [0.15, 0.2) is 17.2 Å². The standard InChI is InChI=1S/C13H11NO4S/c1-3-10-14-11-6-4-9(13(15)16)19-8(6)5-7(17-2)12(11)18-10/h4-5H,3H2,1-2H3,(H,15,16). The van der Waals surface area contributed by atoms with Gasteiger partial charge in [-0.2, -0.15) is 0 Å². The van der Waals surface area contributed by atoms with Gasteiger partial charge in [0.2, 0.25) is 0 Å². The number of methoxy groups -OCH3 is 1. The summed E-state index contributed by atoms with van der Waals surface area (Å²) in [5.74, 6) is 0.255. The van der Waals surface area contributed by atoms with E-state index in [0.29, 0.717) is 29.2 Å². The van der Waals surface area contributed by atoms with Gasteiger partial charge in [-0.05, 0) is 6.07 Å². The van der Waals surface area contributed by atoms with E-state index in [0.717, 1.165) is 10.1 Å². The van der Waals surface area contributed by atoms with E-state index < -0.39 is 5.97 Å². The molecule has 1 N–H and O–H groups in total. The molecule has 3 aromatic rings. The number of benzene rings is 1. The van der Waals surface area contributed by atoms with E-state index in [-0.39, 0.29) is 4.88 Å². The van der Waals surface area contributed by atoms with E-state index >= 15 is 0 Å². The molecule has 0 bridgehead atoms. The molecule has 0 amide bonds. The lowest BCUT2D eigenvalue weighted by Crippen LogP contribution is -1.89. The Balaban J connectivity index is 2.42. The molecule has 2 heterocycles. The molecule has 0 radical (unpaired) electrons. The molecule has 1 aromatic carbocycles. The van der Waals surface area contributed by atoms with Crippen molar-refractivity contribution in [1.29, 1.82) is 0 Å². The van der Waals surface area contributed by atoms with Crippen molar-refractivity contribution in [1.82, 2.24) is 4.98 Å². The number of thiophene rings is 1. The molecule has 0 aliphatic carbocycles. The van der Waals surface area contributed by atoms with Gasteiger partial charge < -0.3 is 14.3 Å². The maximum absolute atomic E-state index is 11.1. The fraction of sp³-hybridized carbons (Fsp3) is 0.231. The molecule has 0 fully saturated rings. The van der Waals surface area contributed by atoms with Crippen molar-refractivity contribution < 1.29 is 19.1 Å². The van der Waals surface area contributed by atoms with E-state index in [2.05, 4.69) is 4.98 Å². The first-order valence-corrected chi connectivity index (χ1v) is 6.59. The molecule has 0 unspecified atom stereocenters. The number of hydrogen-bond donors (Lipinski definition) is 1. The van der Waals surface area contributed by atoms with Crippen LogP contribution in [0.5, 0.6) is 5.75 Å². The van der Waals surface area contributed by atoms with Gasteiger partial charge in [0.25, 0.3) is 0 Å². The Kier molecular flexibility index (Phi) is 2.67. The SMILES string of the molecule is CCc1nc2c(o1)c(OC)cc1sc(C(=O)O)cc12. The lowest BCUT2D eigenvalue weighted by molar-refractivity contribution is 0.0702. The maximum Gasteiger partial charge on any atom is 0.345 e. The van der Waals surface area contributed by atoms with Crippen molar-refractivity contribution in [2.75, 3.05) is 7.11 Å². The van der Waals surface area contributed by atoms with Gasteiger partial charge >= 0.3 is 5.97 Å². The van der Waals surface area contributed by atoms with Crippen LogP contribution in [-0.4, -0.2) is 23.2 Å². The highest BCUT2D eigenvalue weighted by atomic mass is 32.1. The highest BCUT2D eigenvalue weighted by Crippen LogP contribution is 2.38. The van der Waals surface area contributed by atoms with Crippen LogP contribution < -0.4 is 4.74 Å². The smallest absolute Gasteiger partial charge is 0.345 e. The molecule has 0 aliphatic rings. The molecule has 98 valence electrons. The topological polar surface area (TPSA) is 72.6 Å². The number of hydrogen-bond acceptors (Lipinski definition) is 5. The maximum atomic E-state index is 11.1. The zero-order chi connectivity index (χ0) is 13.6. The van der Waals surface area contributed by atoms with E-state index in [1.165, 1.54) is 11.3 Å². The zero-order valence-corrected chi connectivity index (χ0v) is 11.2. The summed E-state index contributed by atoms with van der Waals surface area (Å²) in [6.07, 6.45) is 0.676. The summed E-state index contributed by atoms with van der Waals surface area (Å²) in [7, 11) is 1.56. The highest BCUT2D eigenvalue weighted by Gasteiger charge is 2.18. The first kappa shape index (κ1) is 12.0. The Morgan fingerprint density at radius 2 is 2.32 bits per heavy atom. The monoisotopic (exact) mass is 277 g/mol. The van der Waals surface area contributed by atoms with Crippen molar-refractivity contribution in [2.24, 2.45) is 0 Å². The molecular formula is C13H11NO4S. The Labute approximate surface area is 112 Å². The average Bonchev–Trinajstić information content (AvgIpc) is 3.00.